The SMILES string of the molecule is COCOC1C[C@H]2C=CC=C[C@@]3(CC[C@@H]4O[C@@]43C1OCOC)[C@@H]2OCOCC[Si](C)(C)C. The van der Waals surface area contributed by atoms with Crippen LogP contribution in [0.1, 0.15) is 19.3 Å². The van der Waals surface area contributed by atoms with Gasteiger partial charge in [0.15, 0.2) is 0 Å². The van der Waals surface area contributed by atoms with Gasteiger partial charge in [-0.2, -0.15) is 0 Å². The number of epoxide rings is 1. The molecule has 2 spiro atoms. The molecule has 32 heavy (non-hydrogen) atoms. The molecule has 4 aliphatic rings. The van der Waals surface area contributed by atoms with E-state index in [1.165, 1.54) is 0 Å². The lowest BCUT2D eigenvalue weighted by Crippen LogP contribution is -2.54. The van der Waals surface area contributed by atoms with Crippen molar-refractivity contribution in [1.82, 2.24) is 0 Å². The summed E-state index contributed by atoms with van der Waals surface area (Å²) < 4.78 is 42.0. The summed E-state index contributed by atoms with van der Waals surface area (Å²) in [5, 5.41) is 0. The van der Waals surface area contributed by atoms with E-state index in [1.807, 2.05) is 0 Å². The van der Waals surface area contributed by atoms with Gasteiger partial charge >= 0.3 is 0 Å². The van der Waals surface area contributed by atoms with Gasteiger partial charge in [-0.3, -0.25) is 0 Å². The fourth-order valence-corrected chi connectivity index (χ4v) is 6.70. The molecule has 2 unspecified atom stereocenters. The van der Waals surface area contributed by atoms with Crippen molar-refractivity contribution in [3.63, 3.8) is 0 Å². The Morgan fingerprint density at radius 2 is 1.72 bits per heavy atom. The minimum absolute atomic E-state index is 0.0679. The second-order valence-corrected chi connectivity index (χ2v) is 16.3. The lowest BCUT2D eigenvalue weighted by molar-refractivity contribution is -0.191. The predicted octanol–water partition coefficient (Wildman–Crippen LogP) is 3.73. The Kier molecular flexibility index (Phi) is 7.63. The molecule has 7 atom stereocenters. The van der Waals surface area contributed by atoms with Gasteiger partial charge in [-0.25, -0.2) is 0 Å². The zero-order valence-corrected chi connectivity index (χ0v) is 21.2. The Morgan fingerprint density at radius 1 is 0.969 bits per heavy atom. The van der Waals surface area contributed by atoms with E-state index in [4.69, 9.17) is 33.2 Å². The fraction of sp³-hybridized carbons (Fsp3) is 0.833. The van der Waals surface area contributed by atoms with Crippen molar-refractivity contribution >= 4 is 8.07 Å². The van der Waals surface area contributed by atoms with Gasteiger partial charge in [0, 0.05) is 40.2 Å². The number of fused-ring (bicyclic) bond motifs is 1. The van der Waals surface area contributed by atoms with Gasteiger partial charge in [-0.15, -0.1) is 0 Å². The summed E-state index contributed by atoms with van der Waals surface area (Å²) in [6, 6.07) is 1.13. The van der Waals surface area contributed by atoms with Crippen LogP contribution in [0.15, 0.2) is 24.3 Å². The maximum Gasteiger partial charge on any atom is 0.147 e. The summed E-state index contributed by atoms with van der Waals surface area (Å²) in [5.74, 6) is 0.156. The van der Waals surface area contributed by atoms with Crippen LogP contribution in [0.4, 0.5) is 0 Å². The molecule has 0 aromatic carbocycles. The molecule has 2 saturated carbocycles. The van der Waals surface area contributed by atoms with Crippen LogP contribution in [-0.2, 0) is 33.2 Å². The highest BCUT2D eigenvalue weighted by Crippen LogP contribution is 2.69. The lowest BCUT2D eigenvalue weighted by atomic mass is 9.68. The molecule has 7 nitrogen and oxygen atoms in total. The molecule has 0 aromatic heterocycles. The molecule has 1 aliphatic heterocycles. The van der Waals surface area contributed by atoms with Crippen molar-refractivity contribution in [2.75, 3.05) is 41.2 Å². The minimum Gasteiger partial charge on any atom is -0.362 e. The molecule has 4 rings (SSSR count). The smallest absolute Gasteiger partial charge is 0.147 e. The van der Waals surface area contributed by atoms with E-state index in [0.717, 1.165) is 31.9 Å². The molecule has 2 bridgehead atoms. The molecular weight excluding hydrogens is 428 g/mol. The van der Waals surface area contributed by atoms with Crippen LogP contribution in [0.3, 0.4) is 0 Å². The maximum atomic E-state index is 6.56. The summed E-state index contributed by atoms with van der Waals surface area (Å²) in [4.78, 5) is 0. The highest BCUT2D eigenvalue weighted by molar-refractivity contribution is 6.76. The molecule has 3 fully saturated rings. The van der Waals surface area contributed by atoms with Crippen LogP contribution in [0.2, 0.25) is 25.7 Å². The average Bonchev–Trinajstić information content (AvgIpc) is 3.44. The van der Waals surface area contributed by atoms with Gasteiger partial charge in [0.25, 0.3) is 0 Å². The average molecular weight is 469 g/mol. The zero-order valence-electron chi connectivity index (χ0n) is 20.2. The summed E-state index contributed by atoms with van der Waals surface area (Å²) >= 11 is 0. The Balaban J connectivity index is 1.59. The third-order valence-electron chi connectivity index (χ3n) is 7.42. The van der Waals surface area contributed by atoms with Crippen molar-refractivity contribution in [3.05, 3.63) is 24.3 Å². The van der Waals surface area contributed by atoms with E-state index < -0.39 is 13.7 Å². The van der Waals surface area contributed by atoms with Crippen molar-refractivity contribution < 1.29 is 33.2 Å². The molecule has 0 aromatic rings. The number of hydrogen-bond donors (Lipinski definition) is 0. The topological polar surface area (TPSA) is 67.9 Å². The fourth-order valence-electron chi connectivity index (χ4n) is 5.94. The Labute approximate surface area is 193 Å². The second-order valence-electron chi connectivity index (χ2n) is 10.7. The number of allylic oxidation sites excluding steroid dienone is 2. The van der Waals surface area contributed by atoms with Gasteiger partial charge in [-0.1, -0.05) is 43.9 Å². The standard InChI is InChI=1S/C24H40O7Si/c1-25-15-28-19-14-18-8-6-7-10-23(21(18)30-17-27-12-13-32(3,4)5)11-9-20-24(23,31-20)22(19)29-16-26-2/h6-8,10,18-22H,9,11-17H2,1-5H3/t18-,19?,20+,21-,22?,23-,24-/m1/s1. The Hall–Kier alpha value is -0.583. The van der Waals surface area contributed by atoms with Crippen LogP contribution >= 0.6 is 0 Å². The van der Waals surface area contributed by atoms with E-state index in [1.54, 1.807) is 14.2 Å². The first-order valence-corrected chi connectivity index (χ1v) is 15.5. The first kappa shape index (κ1) is 24.5. The molecule has 182 valence electrons. The van der Waals surface area contributed by atoms with E-state index in [9.17, 15) is 0 Å². The van der Waals surface area contributed by atoms with Crippen molar-refractivity contribution in [2.24, 2.45) is 11.3 Å². The summed E-state index contributed by atoms with van der Waals surface area (Å²) in [6.07, 6.45) is 11.2. The molecular formula is C24H40O7Si. The number of methoxy groups -OCH3 is 2. The first-order valence-electron chi connectivity index (χ1n) is 11.8. The van der Waals surface area contributed by atoms with Gasteiger partial charge in [0.2, 0.25) is 0 Å². The highest BCUT2D eigenvalue weighted by Gasteiger charge is 2.80. The lowest BCUT2D eigenvalue weighted by Gasteiger charge is -2.42. The largest absolute Gasteiger partial charge is 0.362 e. The molecule has 8 heteroatoms. The van der Waals surface area contributed by atoms with Crippen molar-refractivity contribution in [3.8, 4) is 0 Å². The minimum atomic E-state index is -1.14. The number of rotatable bonds is 12. The van der Waals surface area contributed by atoms with Gasteiger partial charge in [-0.05, 0) is 25.3 Å². The van der Waals surface area contributed by atoms with Gasteiger partial charge < -0.3 is 33.2 Å². The molecule has 3 aliphatic carbocycles. The van der Waals surface area contributed by atoms with Crippen LogP contribution in [0.25, 0.3) is 0 Å². The number of hydrogen-bond acceptors (Lipinski definition) is 7. The summed E-state index contributed by atoms with van der Waals surface area (Å²) in [6.45, 7) is 8.53. The van der Waals surface area contributed by atoms with Crippen LogP contribution in [0, 0.1) is 11.3 Å². The monoisotopic (exact) mass is 468 g/mol. The second kappa shape index (κ2) is 9.96. The summed E-state index contributed by atoms with van der Waals surface area (Å²) in [7, 11) is 2.15. The molecule has 0 N–H and O–H groups in total. The quantitative estimate of drug-likeness (QED) is 0.187. The Bertz CT molecular complexity index is 692. The Morgan fingerprint density at radius 3 is 2.44 bits per heavy atom. The highest BCUT2D eigenvalue weighted by atomic mass is 28.3. The summed E-state index contributed by atoms with van der Waals surface area (Å²) in [5.41, 5.74) is -0.776. The maximum absolute atomic E-state index is 6.56. The third-order valence-corrected chi connectivity index (χ3v) is 9.13. The zero-order chi connectivity index (χ0) is 22.8. The predicted molar refractivity (Wildman–Crippen MR) is 123 cm³/mol. The molecule has 0 amide bonds. The van der Waals surface area contributed by atoms with Crippen molar-refractivity contribution in [2.45, 2.75) is 75.0 Å². The first-order chi connectivity index (χ1) is 15.4. The van der Waals surface area contributed by atoms with E-state index in [2.05, 4.69) is 43.9 Å². The third kappa shape index (κ3) is 4.53. The van der Waals surface area contributed by atoms with Crippen molar-refractivity contribution in [1.29, 1.82) is 0 Å². The van der Waals surface area contributed by atoms with Gasteiger partial charge in [0.05, 0.1) is 18.3 Å². The van der Waals surface area contributed by atoms with E-state index in [-0.39, 0.29) is 49.3 Å². The number of ether oxygens (including phenoxy) is 7. The van der Waals surface area contributed by atoms with Crippen LogP contribution in [0.5, 0.6) is 0 Å². The van der Waals surface area contributed by atoms with Gasteiger partial charge in [0.1, 0.15) is 32.1 Å². The normalized spacial score (nSPS) is 40.0. The van der Waals surface area contributed by atoms with Crippen LogP contribution in [-0.4, -0.2) is 79.3 Å². The molecule has 1 heterocycles. The van der Waals surface area contributed by atoms with E-state index >= 15 is 0 Å². The molecule has 1 saturated heterocycles. The molecule has 0 radical (unpaired) electrons. The van der Waals surface area contributed by atoms with E-state index in [0.29, 0.717) is 6.79 Å². The van der Waals surface area contributed by atoms with Crippen LogP contribution < -0.4 is 0 Å².